The van der Waals surface area contributed by atoms with E-state index in [2.05, 4.69) is 15.2 Å². The molecular formula is C13H12N6O2. The highest BCUT2D eigenvalue weighted by atomic mass is 16.5. The number of nitrogens with two attached hydrogens (primary N) is 2. The van der Waals surface area contributed by atoms with Gasteiger partial charge >= 0.3 is 5.97 Å². The molecule has 0 saturated carbocycles. The topological polar surface area (TPSA) is 121 Å². The predicted octanol–water partition coefficient (Wildman–Crippen LogP) is 0.742. The van der Waals surface area contributed by atoms with Crippen LogP contribution in [0.2, 0.25) is 0 Å². The maximum atomic E-state index is 11.7. The molecule has 2 aromatic heterocycles. The quantitative estimate of drug-likeness (QED) is 0.525. The van der Waals surface area contributed by atoms with Crippen LogP contribution < -0.4 is 11.5 Å². The van der Waals surface area contributed by atoms with Crippen molar-refractivity contribution in [3.05, 3.63) is 36.0 Å². The molecular weight excluding hydrogens is 272 g/mol. The van der Waals surface area contributed by atoms with Gasteiger partial charge in [-0.05, 0) is 23.8 Å². The van der Waals surface area contributed by atoms with Crippen LogP contribution in [0, 0.1) is 0 Å². The lowest BCUT2D eigenvalue weighted by atomic mass is 10.1. The summed E-state index contributed by atoms with van der Waals surface area (Å²) in [6, 6.07) is 8.69. The van der Waals surface area contributed by atoms with Crippen molar-refractivity contribution in [2.24, 2.45) is 0 Å². The van der Waals surface area contributed by atoms with E-state index in [1.54, 1.807) is 22.6 Å². The van der Waals surface area contributed by atoms with Crippen molar-refractivity contribution in [2.45, 2.75) is 0 Å². The Kier molecular flexibility index (Phi) is 2.90. The summed E-state index contributed by atoms with van der Waals surface area (Å²) < 4.78 is 6.25. The number of hydrogen-bond donors (Lipinski definition) is 2. The van der Waals surface area contributed by atoms with Gasteiger partial charge in [-0.15, -0.1) is 10.2 Å². The normalized spacial score (nSPS) is 10.7. The fraction of sp³-hybridized carbons (Fsp3) is 0.0769. The molecule has 1 aromatic carbocycles. The minimum Gasteiger partial charge on any atom is -0.464 e. The van der Waals surface area contributed by atoms with Crippen molar-refractivity contribution >= 4 is 23.4 Å². The van der Waals surface area contributed by atoms with E-state index in [1.165, 1.54) is 7.11 Å². The number of benzene rings is 1. The lowest BCUT2D eigenvalue weighted by molar-refractivity contribution is 0.0594. The molecule has 106 valence electrons. The first kappa shape index (κ1) is 12.9. The fourth-order valence-corrected chi connectivity index (χ4v) is 2.00. The lowest BCUT2D eigenvalue weighted by Crippen LogP contribution is -2.08. The van der Waals surface area contributed by atoms with E-state index in [1.807, 2.05) is 12.1 Å². The number of anilines is 2. The van der Waals surface area contributed by atoms with Crippen LogP contribution in [-0.4, -0.2) is 32.7 Å². The first-order chi connectivity index (χ1) is 10.1. The molecule has 0 aliphatic carbocycles. The van der Waals surface area contributed by atoms with Crippen molar-refractivity contribution in [3.63, 3.8) is 0 Å². The fourth-order valence-electron chi connectivity index (χ4n) is 2.00. The van der Waals surface area contributed by atoms with E-state index in [-0.39, 0.29) is 17.4 Å². The first-order valence-corrected chi connectivity index (χ1v) is 6.06. The van der Waals surface area contributed by atoms with Crippen LogP contribution in [-0.2, 0) is 4.74 Å². The Morgan fingerprint density at radius 2 is 1.90 bits per heavy atom. The van der Waals surface area contributed by atoms with Crippen molar-refractivity contribution < 1.29 is 9.53 Å². The summed E-state index contributed by atoms with van der Waals surface area (Å²) in [5, 5.41) is 7.62. The molecule has 0 unspecified atom stereocenters. The monoisotopic (exact) mass is 284 g/mol. The number of rotatable bonds is 2. The zero-order chi connectivity index (χ0) is 15.0. The number of fused-ring (bicyclic) bond motifs is 1. The Morgan fingerprint density at radius 1 is 1.19 bits per heavy atom. The van der Waals surface area contributed by atoms with Crippen molar-refractivity contribution in [2.75, 3.05) is 18.6 Å². The number of carbonyl (C=O) groups excluding carboxylic acids is 1. The van der Waals surface area contributed by atoms with Gasteiger partial charge < -0.3 is 16.2 Å². The van der Waals surface area contributed by atoms with Gasteiger partial charge in [0.05, 0.1) is 12.8 Å². The van der Waals surface area contributed by atoms with Crippen LogP contribution in [0.25, 0.3) is 17.0 Å². The second kappa shape index (κ2) is 4.75. The van der Waals surface area contributed by atoms with Crippen LogP contribution in [0.5, 0.6) is 0 Å². The molecule has 0 spiro atoms. The zero-order valence-corrected chi connectivity index (χ0v) is 11.1. The molecule has 21 heavy (non-hydrogen) atoms. The number of methoxy groups -OCH3 is 1. The van der Waals surface area contributed by atoms with Gasteiger partial charge in [0.1, 0.15) is 0 Å². The van der Waals surface area contributed by atoms with Crippen molar-refractivity contribution in [3.8, 4) is 11.3 Å². The van der Waals surface area contributed by atoms with E-state index in [0.717, 1.165) is 5.56 Å². The number of aromatic nitrogens is 4. The highest BCUT2D eigenvalue weighted by Gasteiger charge is 2.16. The van der Waals surface area contributed by atoms with Crippen LogP contribution in [0.1, 0.15) is 10.5 Å². The minimum absolute atomic E-state index is 0.129. The van der Waals surface area contributed by atoms with Crippen molar-refractivity contribution in [1.82, 2.24) is 19.6 Å². The standard InChI is InChI=1S/C13H12N6O2/c1-21-11(20)9-6-10(7-2-4-8(14)5-3-7)19-12(15)17-18-13(19)16-9/h2-6H,14H2,1H3,(H2,15,17). The Morgan fingerprint density at radius 3 is 2.57 bits per heavy atom. The molecule has 0 saturated heterocycles. The van der Waals surface area contributed by atoms with Gasteiger partial charge in [-0.25, -0.2) is 14.2 Å². The predicted molar refractivity (Wildman–Crippen MR) is 76.4 cm³/mol. The highest BCUT2D eigenvalue weighted by Crippen LogP contribution is 2.24. The molecule has 0 aliphatic heterocycles. The van der Waals surface area contributed by atoms with E-state index in [0.29, 0.717) is 11.4 Å². The largest absolute Gasteiger partial charge is 0.464 e. The number of ether oxygens (including phenoxy) is 1. The average Bonchev–Trinajstić information content (AvgIpc) is 2.88. The van der Waals surface area contributed by atoms with Crippen LogP contribution in [0.15, 0.2) is 30.3 Å². The third-order valence-corrected chi connectivity index (χ3v) is 3.01. The van der Waals surface area contributed by atoms with Gasteiger partial charge in [0.25, 0.3) is 5.78 Å². The molecule has 8 nitrogen and oxygen atoms in total. The first-order valence-electron chi connectivity index (χ1n) is 6.06. The molecule has 2 heterocycles. The van der Waals surface area contributed by atoms with Gasteiger partial charge in [-0.2, -0.15) is 0 Å². The third-order valence-electron chi connectivity index (χ3n) is 3.01. The number of hydrogen-bond acceptors (Lipinski definition) is 7. The molecule has 0 atom stereocenters. The summed E-state index contributed by atoms with van der Waals surface area (Å²) in [6.07, 6.45) is 0. The van der Waals surface area contributed by atoms with E-state index < -0.39 is 5.97 Å². The highest BCUT2D eigenvalue weighted by molar-refractivity contribution is 5.89. The molecule has 0 amide bonds. The molecule has 3 rings (SSSR count). The van der Waals surface area contributed by atoms with Gasteiger partial charge in [0.2, 0.25) is 5.95 Å². The van der Waals surface area contributed by atoms with Gasteiger partial charge in [0.15, 0.2) is 5.69 Å². The molecule has 0 aliphatic rings. The molecule has 0 radical (unpaired) electrons. The SMILES string of the molecule is COC(=O)c1cc(-c2ccc(N)cc2)n2c(N)nnc2n1. The molecule has 4 N–H and O–H groups in total. The Bertz CT molecular complexity index is 825. The summed E-state index contributed by atoms with van der Waals surface area (Å²) in [6.45, 7) is 0. The van der Waals surface area contributed by atoms with E-state index >= 15 is 0 Å². The summed E-state index contributed by atoms with van der Waals surface area (Å²) in [5.41, 5.74) is 13.7. The second-order valence-corrected chi connectivity index (χ2v) is 4.33. The van der Waals surface area contributed by atoms with Crippen LogP contribution >= 0.6 is 0 Å². The maximum Gasteiger partial charge on any atom is 0.356 e. The van der Waals surface area contributed by atoms with Crippen molar-refractivity contribution in [1.29, 1.82) is 0 Å². The second-order valence-electron chi connectivity index (χ2n) is 4.33. The third kappa shape index (κ3) is 2.12. The van der Waals surface area contributed by atoms with Gasteiger partial charge in [-0.3, -0.25) is 0 Å². The molecule has 0 bridgehead atoms. The number of nitrogen functional groups attached to an aromatic ring is 2. The van der Waals surface area contributed by atoms with E-state index in [9.17, 15) is 4.79 Å². The summed E-state index contributed by atoms with van der Waals surface area (Å²) in [7, 11) is 1.29. The molecule has 8 heteroatoms. The average molecular weight is 284 g/mol. The Hall–Kier alpha value is -3.16. The van der Waals surface area contributed by atoms with Crippen LogP contribution in [0.3, 0.4) is 0 Å². The Labute approximate surface area is 119 Å². The molecule has 0 fully saturated rings. The van der Waals surface area contributed by atoms with Gasteiger partial charge in [-0.1, -0.05) is 12.1 Å². The maximum absolute atomic E-state index is 11.7. The summed E-state index contributed by atoms with van der Waals surface area (Å²) in [4.78, 5) is 15.8. The van der Waals surface area contributed by atoms with Crippen LogP contribution in [0.4, 0.5) is 11.6 Å². The minimum atomic E-state index is -0.559. The van der Waals surface area contributed by atoms with E-state index in [4.69, 9.17) is 16.2 Å². The lowest BCUT2D eigenvalue weighted by Gasteiger charge is -2.08. The molecule has 3 aromatic rings. The number of nitrogens with zero attached hydrogens (tertiary/aromatic N) is 4. The van der Waals surface area contributed by atoms with Gasteiger partial charge in [0, 0.05) is 5.69 Å². The number of carbonyl (C=O) groups is 1. The number of esters is 1. The summed E-state index contributed by atoms with van der Waals surface area (Å²) >= 11 is 0. The Balaban J connectivity index is 2.30. The zero-order valence-electron chi connectivity index (χ0n) is 11.1. The smallest absolute Gasteiger partial charge is 0.356 e. The summed E-state index contributed by atoms with van der Waals surface area (Å²) in [5.74, 6) is -0.154.